The fourth-order valence-electron chi connectivity index (χ4n) is 5.29. The molecule has 0 bridgehead atoms. The van der Waals surface area contributed by atoms with E-state index in [2.05, 4.69) is 4.90 Å². The number of ether oxygens (including phenoxy) is 2. The smallest absolute Gasteiger partial charge is 0.150 e. The number of nitrogens with zero attached hydrogens (tertiary/aromatic N) is 1. The van der Waals surface area contributed by atoms with Crippen molar-refractivity contribution in [3.8, 4) is 23.0 Å². The summed E-state index contributed by atoms with van der Waals surface area (Å²) in [5.41, 5.74) is 2.04. The minimum Gasteiger partial charge on any atom is -0.508 e. The number of benzene rings is 3. The molecule has 37 heavy (non-hydrogen) atoms. The maximum Gasteiger partial charge on any atom is 0.150 e. The van der Waals surface area contributed by atoms with Crippen LogP contribution >= 0.6 is 0 Å². The van der Waals surface area contributed by atoms with E-state index in [1.807, 2.05) is 48.5 Å². The lowest BCUT2D eigenvalue weighted by Gasteiger charge is -2.26. The lowest BCUT2D eigenvalue weighted by Crippen LogP contribution is -2.33. The first-order valence-electron chi connectivity index (χ1n) is 13.1. The molecule has 3 aromatic rings. The van der Waals surface area contributed by atoms with Gasteiger partial charge >= 0.3 is 0 Å². The molecule has 0 saturated carbocycles. The van der Waals surface area contributed by atoms with Gasteiger partial charge in [0.15, 0.2) is 9.84 Å². The third kappa shape index (κ3) is 6.28. The minimum atomic E-state index is -3.07. The van der Waals surface area contributed by atoms with Crippen LogP contribution in [0.2, 0.25) is 0 Å². The molecular weight excluding hydrogens is 486 g/mol. The summed E-state index contributed by atoms with van der Waals surface area (Å²) in [7, 11) is -3.07. The first-order valence-corrected chi connectivity index (χ1v) is 15.1. The van der Waals surface area contributed by atoms with Crippen molar-refractivity contribution >= 4 is 26.2 Å². The Labute approximate surface area is 219 Å². The van der Waals surface area contributed by atoms with Gasteiger partial charge in [0.25, 0.3) is 0 Å². The summed E-state index contributed by atoms with van der Waals surface area (Å²) in [6.07, 6.45) is 9.00. The van der Waals surface area contributed by atoms with Gasteiger partial charge in [-0.3, -0.25) is 4.90 Å². The number of hydrogen-bond acceptors (Lipinski definition) is 6. The Bertz CT molecular complexity index is 1380. The summed E-state index contributed by atoms with van der Waals surface area (Å²) < 4.78 is 36.5. The van der Waals surface area contributed by atoms with Gasteiger partial charge in [-0.15, -0.1) is 0 Å². The van der Waals surface area contributed by atoms with E-state index in [-0.39, 0.29) is 11.0 Å². The van der Waals surface area contributed by atoms with Crippen molar-refractivity contribution in [1.82, 2.24) is 4.90 Å². The predicted octanol–water partition coefficient (Wildman–Crippen LogP) is 6.18. The van der Waals surface area contributed by atoms with Crippen molar-refractivity contribution in [3.05, 3.63) is 66.2 Å². The van der Waals surface area contributed by atoms with Crippen LogP contribution in [0.4, 0.5) is 0 Å². The second-order valence-electron chi connectivity index (χ2n) is 10.1. The van der Waals surface area contributed by atoms with Crippen molar-refractivity contribution in [2.75, 3.05) is 32.5 Å². The average Bonchev–Trinajstić information content (AvgIpc) is 2.90. The zero-order chi connectivity index (χ0) is 25.8. The SMILES string of the molecule is CS(=O)(=O)[C@@H]1CC=C(c2ccc3cc(O)ccc3c2Oc2ccc(OCCN3CCCCC3)cc2)CC1. The molecule has 1 heterocycles. The van der Waals surface area contributed by atoms with Crippen LogP contribution in [-0.2, 0) is 9.84 Å². The number of hydrogen-bond donors (Lipinski definition) is 1. The number of fused-ring (bicyclic) bond motifs is 1. The predicted molar refractivity (Wildman–Crippen MR) is 148 cm³/mol. The standard InChI is InChI=1S/C30H35NO5S/c1-37(33,34)27-13-5-22(6-14-27)28-15-7-23-21-24(32)8-16-29(23)30(28)36-26-11-9-25(10-12-26)35-20-19-31-17-3-2-4-18-31/h5,7-12,15-16,21,27,32H,2-4,6,13-14,17-20H2,1H3/t27-/m1/s1. The molecule has 1 aliphatic heterocycles. The molecule has 196 valence electrons. The summed E-state index contributed by atoms with van der Waals surface area (Å²) in [6, 6.07) is 16.9. The Balaban J connectivity index is 1.35. The Morgan fingerprint density at radius 3 is 2.43 bits per heavy atom. The third-order valence-corrected chi connectivity index (χ3v) is 9.08. The topological polar surface area (TPSA) is 76.1 Å². The van der Waals surface area contributed by atoms with Gasteiger partial charge in [-0.2, -0.15) is 0 Å². The van der Waals surface area contributed by atoms with E-state index in [1.165, 1.54) is 25.5 Å². The molecule has 1 fully saturated rings. The minimum absolute atomic E-state index is 0.199. The van der Waals surface area contributed by atoms with Crippen LogP contribution in [0.3, 0.4) is 0 Å². The highest BCUT2D eigenvalue weighted by atomic mass is 32.2. The Kier molecular flexibility index (Phi) is 7.72. The fourth-order valence-corrected chi connectivity index (χ4v) is 6.28. The number of sulfone groups is 1. The molecule has 5 rings (SSSR count). The van der Waals surface area contributed by atoms with Gasteiger partial charge in [0.2, 0.25) is 0 Å². The summed E-state index contributed by atoms with van der Waals surface area (Å²) in [5.74, 6) is 2.41. The normalized spacial score (nSPS) is 18.9. The van der Waals surface area contributed by atoms with Gasteiger partial charge in [-0.05, 0) is 98.6 Å². The molecule has 3 aromatic carbocycles. The van der Waals surface area contributed by atoms with Crippen LogP contribution in [0, 0.1) is 0 Å². The monoisotopic (exact) mass is 521 g/mol. The average molecular weight is 522 g/mol. The van der Waals surface area contributed by atoms with Gasteiger partial charge in [0.1, 0.15) is 29.6 Å². The second kappa shape index (κ2) is 11.2. The number of aromatic hydroxyl groups is 1. The quantitative estimate of drug-likeness (QED) is 0.381. The molecule has 1 aliphatic carbocycles. The lowest BCUT2D eigenvalue weighted by molar-refractivity contribution is 0.183. The first-order chi connectivity index (χ1) is 17.9. The van der Waals surface area contributed by atoms with Crippen molar-refractivity contribution in [2.24, 2.45) is 0 Å². The highest BCUT2D eigenvalue weighted by molar-refractivity contribution is 7.91. The van der Waals surface area contributed by atoms with E-state index in [9.17, 15) is 13.5 Å². The maximum atomic E-state index is 12.0. The highest BCUT2D eigenvalue weighted by Gasteiger charge is 2.25. The molecule has 1 saturated heterocycles. The van der Waals surface area contributed by atoms with Crippen LogP contribution in [0.15, 0.2) is 60.7 Å². The van der Waals surface area contributed by atoms with Crippen molar-refractivity contribution in [2.45, 2.75) is 43.8 Å². The largest absolute Gasteiger partial charge is 0.508 e. The van der Waals surface area contributed by atoms with Crippen molar-refractivity contribution in [1.29, 1.82) is 0 Å². The highest BCUT2D eigenvalue weighted by Crippen LogP contribution is 2.41. The van der Waals surface area contributed by atoms with Gasteiger partial charge in [-0.25, -0.2) is 8.42 Å². The second-order valence-corrected chi connectivity index (χ2v) is 12.5. The molecule has 1 atom stereocenters. The number of rotatable bonds is 8. The molecular formula is C30H35NO5S. The Hall–Kier alpha value is -3.03. The Morgan fingerprint density at radius 2 is 1.73 bits per heavy atom. The van der Waals surface area contributed by atoms with Gasteiger partial charge in [0.05, 0.1) is 5.25 Å². The van der Waals surface area contributed by atoms with Crippen LogP contribution in [0.25, 0.3) is 16.3 Å². The molecule has 7 heteroatoms. The number of likely N-dealkylation sites (tertiary alicyclic amines) is 1. The molecule has 1 N–H and O–H groups in total. The zero-order valence-electron chi connectivity index (χ0n) is 21.4. The molecule has 0 aromatic heterocycles. The van der Waals surface area contributed by atoms with Gasteiger partial charge < -0.3 is 14.6 Å². The number of allylic oxidation sites excluding steroid dienone is 2. The van der Waals surface area contributed by atoms with E-state index >= 15 is 0 Å². The lowest BCUT2D eigenvalue weighted by atomic mass is 9.91. The molecule has 2 aliphatic rings. The maximum absolute atomic E-state index is 12.0. The van der Waals surface area contributed by atoms with E-state index in [4.69, 9.17) is 9.47 Å². The van der Waals surface area contributed by atoms with E-state index in [0.29, 0.717) is 37.4 Å². The zero-order valence-corrected chi connectivity index (χ0v) is 22.2. The molecule has 0 spiro atoms. The van der Waals surface area contributed by atoms with Crippen molar-refractivity contribution < 1.29 is 23.0 Å². The number of phenolic OH excluding ortho intramolecular Hbond substituents is 1. The molecule has 0 radical (unpaired) electrons. The van der Waals surface area contributed by atoms with Crippen LogP contribution < -0.4 is 9.47 Å². The van der Waals surface area contributed by atoms with E-state index in [0.717, 1.165) is 47.3 Å². The summed E-state index contributed by atoms with van der Waals surface area (Å²) >= 11 is 0. The number of piperidine rings is 1. The molecule has 6 nitrogen and oxygen atoms in total. The van der Waals surface area contributed by atoms with E-state index in [1.54, 1.807) is 12.1 Å². The fraction of sp³-hybridized carbons (Fsp3) is 0.400. The van der Waals surface area contributed by atoms with Gasteiger partial charge in [-0.1, -0.05) is 24.6 Å². The third-order valence-electron chi connectivity index (χ3n) is 7.44. The molecule has 0 unspecified atom stereocenters. The van der Waals surface area contributed by atoms with Crippen molar-refractivity contribution in [3.63, 3.8) is 0 Å². The van der Waals surface area contributed by atoms with E-state index < -0.39 is 9.84 Å². The summed E-state index contributed by atoms with van der Waals surface area (Å²) in [6.45, 7) is 3.93. The van der Waals surface area contributed by atoms with Gasteiger partial charge in [0, 0.05) is 23.8 Å². The Morgan fingerprint density at radius 1 is 0.973 bits per heavy atom. The summed E-state index contributed by atoms with van der Waals surface area (Å²) in [4.78, 5) is 2.46. The summed E-state index contributed by atoms with van der Waals surface area (Å²) in [5, 5.41) is 11.4. The van der Waals surface area contributed by atoms with Crippen LogP contribution in [-0.4, -0.2) is 56.2 Å². The van der Waals surface area contributed by atoms with Crippen LogP contribution in [0.1, 0.15) is 44.1 Å². The number of phenols is 1. The van der Waals surface area contributed by atoms with Crippen LogP contribution in [0.5, 0.6) is 23.0 Å². The first kappa shape index (κ1) is 25.6. The molecule has 0 amide bonds.